The average molecular weight is 641 g/mol. The number of fused-ring (bicyclic) bond motifs is 6. The molecule has 12 heteroatoms. The first kappa shape index (κ1) is 30.0. The number of halogens is 2. The first-order chi connectivity index (χ1) is 21.8. The lowest BCUT2D eigenvalue weighted by Crippen LogP contribution is -2.50. The fourth-order valence-corrected chi connectivity index (χ4v) is 9.80. The van der Waals surface area contributed by atoms with Crippen molar-refractivity contribution >= 4 is 34.2 Å². The number of piperidine rings is 1. The summed E-state index contributed by atoms with van der Waals surface area (Å²) in [4.78, 5) is 34.7. The first-order valence-electron chi connectivity index (χ1n) is 17.1. The molecule has 0 spiro atoms. The van der Waals surface area contributed by atoms with E-state index < -0.39 is 0 Å². The number of alkyl halides is 1. The topological polar surface area (TPSA) is 98.8 Å². The number of carbonyl (C=O) groups is 1. The Bertz CT molecular complexity index is 1460. The van der Waals surface area contributed by atoms with Crippen LogP contribution in [-0.4, -0.2) is 102 Å². The molecule has 2 aromatic heterocycles. The zero-order chi connectivity index (χ0) is 30.9. The Kier molecular flexibility index (Phi) is 7.82. The number of nitrogens with one attached hydrogen (secondary N) is 2. The maximum Gasteiger partial charge on any atom is 0.319 e. The van der Waals surface area contributed by atoms with Gasteiger partial charge in [0.25, 0.3) is 0 Å². The molecule has 9 rings (SSSR count). The Hall–Kier alpha value is -2.34. The lowest BCUT2D eigenvalue weighted by atomic mass is 9.66. The number of hydrazine groups is 1. The Labute approximate surface area is 269 Å². The van der Waals surface area contributed by atoms with Gasteiger partial charge in [-0.2, -0.15) is 9.97 Å². The molecular weight excluding hydrogens is 595 g/mol. The molecule has 45 heavy (non-hydrogen) atoms. The highest BCUT2D eigenvalue weighted by Gasteiger charge is 2.49. The number of hydrogen-bond donors (Lipinski definition) is 2. The van der Waals surface area contributed by atoms with Gasteiger partial charge in [-0.15, -0.1) is 11.6 Å². The fourth-order valence-electron chi connectivity index (χ4n) is 9.32. The van der Waals surface area contributed by atoms with Crippen molar-refractivity contribution in [3.63, 3.8) is 0 Å². The van der Waals surface area contributed by atoms with Crippen LogP contribution >= 0.6 is 11.6 Å². The van der Waals surface area contributed by atoms with E-state index in [0.29, 0.717) is 42.4 Å². The van der Waals surface area contributed by atoms with Crippen LogP contribution in [0.1, 0.15) is 69.4 Å². The Balaban J connectivity index is 1.24. The highest BCUT2D eigenvalue weighted by molar-refractivity contribution is 6.21. The number of hydrogen-bond acceptors (Lipinski definition) is 9. The molecule has 5 unspecified atom stereocenters. The van der Waals surface area contributed by atoms with E-state index in [1.165, 1.54) is 0 Å². The number of anilines is 1. The molecular formula is C33H46ClFN8O2. The van der Waals surface area contributed by atoms with Crippen molar-refractivity contribution in [2.45, 2.75) is 81.2 Å². The second kappa shape index (κ2) is 11.7. The van der Waals surface area contributed by atoms with Crippen molar-refractivity contribution < 1.29 is 13.9 Å². The van der Waals surface area contributed by atoms with Crippen LogP contribution in [0.5, 0.6) is 6.01 Å². The van der Waals surface area contributed by atoms with Gasteiger partial charge in [0.15, 0.2) is 5.82 Å². The molecule has 7 atom stereocenters. The van der Waals surface area contributed by atoms with Crippen molar-refractivity contribution in [3.05, 3.63) is 17.7 Å². The Morgan fingerprint density at radius 2 is 2.00 bits per heavy atom. The van der Waals surface area contributed by atoms with Crippen LogP contribution in [0.25, 0.3) is 10.9 Å². The van der Waals surface area contributed by atoms with Crippen LogP contribution in [0.2, 0.25) is 0 Å². The number of rotatable bonds is 5. The maximum absolute atomic E-state index is 17.1. The van der Waals surface area contributed by atoms with Gasteiger partial charge >= 0.3 is 6.01 Å². The molecule has 2 saturated carbocycles. The van der Waals surface area contributed by atoms with E-state index in [-0.39, 0.29) is 63.9 Å². The zero-order valence-corrected chi connectivity index (χ0v) is 27.2. The molecule has 10 nitrogen and oxygen atoms in total. The monoisotopic (exact) mass is 640 g/mol. The van der Waals surface area contributed by atoms with Crippen molar-refractivity contribution in [2.75, 3.05) is 58.3 Å². The third kappa shape index (κ3) is 5.45. The van der Waals surface area contributed by atoms with Crippen molar-refractivity contribution in [1.82, 2.24) is 35.6 Å². The SMILES string of the molecule is CN(C)CC1(COc2nc3c4cnc(c(F)c4n2)C2C(CCCCC(=O)N4CC[C@@H]5CCN3C[C@@H]54)C(Cl)CC3NNCC32)CC1. The summed E-state index contributed by atoms with van der Waals surface area (Å²) in [5, 5.41) is 0.486. The normalized spacial score (nSPS) is 34.1. The third-order valence-electron chi connectivity index (χ3n) is 11.8. The molecule has 0 radical (unpaired) electrons. The van der Waals surface area contributed by atoms with E-state index in [1.54, 1.807) is 6.20 Å². The van der Waals surface area contributed by atoms with E-state index in [9.17, 15) is 4.79 Å². The number of nitrogens with zero attached hydrogens (tertiary/aromatic N) is 6. The van der Waals surface area contributed by atoms with Gasteiger partial charge in [-0.3, -0.25) is 20.6 Å². The summed E-state index contributed by atoms with van der Waals surface area (Å²) in [7, 11) is 4.16. The first-order valence-corrected chi connectivity index (χ1v) is 17.5. The molecule has 5 fully saturated rings. The number of amides is 1. The van der Waals surface area contributed by atoms with Gasteiger partial charge in [0.1, 0.15) is 11.3 Å². The second-order valence-corrected chi connectivity index (χ2v) is 15.6. The minimum absolute atomic E-state index is 0.0501. The van der Waals surface area contributed by atoms with Crippen LogP contribution in [-0.2, 0) is 4.79 Å². The summed E-state index contributed by atoms with van der Waals surface area (Å²) in [5.74, 6) is 1.07. The molecule has 5 aliphatic heterocycles. The van der Waals surface area contributed by atoms with E-state index in [2.05, 4.69) is 39.6 Å². The molecule has 2 aliphatic carbocycles. The molecule has 3 saturated heterocycles. The van der Waals surface area contributed by atoms with Gasteiger partial charge in [-0.25, -0.2) is 4.39 Å². The predicted molar refractivity (Wildman–Crippen MR) is 171 cm³/mol. The number of pyridine rings is 1. The standard InChI is InChI=1S/C33H46ClFN8O2/c1-41(2)17-33(9-10-33)18-45-32-38-29-22-14-36-30(28(29)35)27-20(23(34)13-24-21(27)15-37-40-24)5-3-4-6-26(44)43-12-8-19-7-11-42(16-25(19)43)31(22)39-32/h14,19-21,23-25,27,37,40H,3-13,15-18H2,1-2H3/t19-,20?,21?,23?,24?,25-,27?/m0/s1. The summed E-state index contributed by atoms with van der Waals surface area (Å²) in [6.07, 6.45) is 9.91. The molecule has 2 aromatic rings. The van der Waals surface area contributed by atoms with Gasteiger partial charge in [0.2, 0.25) is 5.91 Å². The molecule has 1 amide bonds. The zero-order valence-electron chi connectivity index (χ0n) is 26.5. The van der Waals surface area contributed by atoms with Crippen molar-refractivity contribution in [3.8, 4) is 6.01 Å². The fraction of sp³-hybridized carbons (Fsp3) is 0.758. The summed E-state index contributed by atoms with van der Waals surface area (Å²) in [6, 6.07) is 0.505. The van der Waals surface area contributed by atoms with Crippen molar-refractivity contribution in [2.24, 2.45) is 23.2 Å². The van der Waals surface area contributed by atoms with Crippen LogP contribution < -0.4 is 20.5 Å². The van der Waals surface area contributed by atoms with Crippen LogP contribution in [0, 0.1) is 29.0 Å². The van der Waals surface area contributed by atoms with E-state index in [0.717, 1.165) is 77.5 Å². The molecule has 7 heterocycles. The smallest absolute Gasteiger partial charge is 0.319 e. The predicted octanol–water partition coefficient (Wildman–Crippen LogP) is 3.69. The lowest BCUT2D eigenvalue weighted by molar-refractivity contribution is -0.132. The van der Waals surface area contributed by atoms with E-state index in [1.807, 2.05) is 0 Å². The van der Waals surface area contributed by atoms with Crippen LogP contribution in [0.15, 0.2) is 6.20 Å². The summed E-state index contributed by atoms with van der Waals surface area (Å²) in [6.45, 7) is 4.45. The highest BCUT2D eigenvalue weighted by atomic mass is 35.5. The number of aromatic nitrogens is 3. The van der Waals surface area contributed by atoms with E-state index in [4.69, 9.17) is 31.3 Å². The highest BCUT2D eigenvalue weighted by Crippen LogP contribution is 2.49. The average Bonchev–Trinajstić information content (AvgIpc) is 3.40. The Morgan fingerprint density at radius 3 is 2.82 bits per heavy atom. The van der Waals surface area contributed by atoms with Crippen molar-refractivity contribution in [1.29, 1.82) is 0 Å². The van der Waals surface area contributed by atoms with Gasteiger partial charge in [0, 0.05) is 68.1 Å². The second-order valence-electron chi connectivity index (χ2n) is 15.0. The summed E-state index contributed by atoms with van der Waals surface area (Å²) < 4.78 is 23.4. The molecule has 6 bridgehead atoms. The molecule has 2 N–H and O–H groups in total. The Morgan fingerprint density at radius 1 is 1.16 bits per heavy atom. The quantitative estimate of drug-likeness (QED) is 0.474. The lowest BCUT2D eigenvalue weighted by Gasteiger charge is -2.42. The molecule has 7 aliphatic rings. The molecule has 244 valence electrons. The largest absolute Gasteiger partial charge is 0.463 e. The third-order valence-corrected chi connectivity index (χ3v) is 12.3. The van der Waals surface area contributed by atoms with Gasteiger partial charge < -0.3 is 19.4 Å². The summed E-state index contributed by atoms with van der Waals surface area (Å²) in [5.41, 5.74) is 7.51. The maximum atomic E-state index is 17.1. The van der Waals surface area contributed by atoms with Gasteiger partial charge in [-0.1, -0.05) is 6.42 Å². The van der Waals surface area contributed by atoms with Crippen LogP contribution in [0.3, 0.4) is 0 Å². The van der Waals surface area contributed by atoms with Crippen LogP contribution in [0.4, 0.5) is 10.2 Å². The minimum atomic E-state index is -0.374. The molecule has 0 aromatic carbocycles. The minimum Gasteiger partial charge on any atom is -0.463 e. The van der Waals surface area contributed by atoms with E-state index >= 15 is 4.39 Å². The summed E-state index contributed by atoms with van der Waals surface area (Å²) >= 11 is 7.11. The van der Waals surface area contributed by atoms with Gasteiger partial charge in [-0.05, 0) is 76.8 Å². The van der Waals surface area contributed by atoms with Gasteiger partial charge in [0.05, 0.1) is 23.7 Å². The number of carbonyl (C=O) groups excluding carboxylic acids is 1. The number of ether oxygens (including phenoxy) is 1.